The van der Waals surface area contributed by atoms with Gasteiger partial charge in [-0.2, -0.15) is 8.42 Å². The normalized spacial score (nSPS) is 10.5. The molecule has 5 heteroatoms. The Morgan fingerprint density at radius 3 is 1.80 bits per heavy atom. The van der Waals surface area contributed by atoms with Crippen molar-refractivity contribution < 1.29 is 13.0 Å². The molecule has 0 aromatic rings. The molecule has 0 aliphatic carbocycles. The van der Waals surface area contributed by atoms with Crippen LogP contribution in [0.4, 0.5) is 0 Å². The van der Waals surface area contributed by atoms with Gasteiger partial charge in [0.25, 0.3) is 10.1 Å². The van der Waals surface area contributed by atoms with Crippen molar-refractivity contribution in [2.24, 2.45) is 0 Å². The molecule has 0 bridgehead atoms. The molecule has 0 atom stereocenters. The van der Waals surface area contributed by atoms with Crippen molar-refractivity contribution in [1.29, 1.82) is 0 Å². The summed E-state index contributed by atoms with van der Waals surface area (Å²) < 4.78 is 29.1. The van der Waals surface area contributed by atoms with Crippen molar-refractivity contribution in [2.75, 3.05) is 18.8 Å². The van der Waals surface area contributed by atoms with Crippen LogP contribution in [0.1, 0.15) is 51.9 Å². The van der Waals surface area contributed by atoms with Crippen molar-refractivity contribution in [3.63, 3.8) is 0 Å². The molecule has 0 aliphatic rings. The van der Waals surface area contributed by atoms with Gasteiger partial charge >= 0.3 is 0 Å². The molecule has 0 unspecified atom stereocenters. The second kappa shape index (κ2) is 16.4. The maximum atomic E-state index is 10.3. The topological polar surface area (TPSA) is 66.4 Å². The zero-order valence-electron chi connectivity index (χ0n) is 12.8. The van der Waals surface area contributed by atoms with Crippen LogP contribution in [0, 0.1) is 0 Å². The standard InChI is InChI=1S/C9H20O3S.C6H11N/c1-2-3-4-5-6-7-8-9-13(10,11)12;1-3-5-7-6-4-2/h2-9H2,1H3,(H,10,11,12);3-4,7H,1-2,5-6H2. The summed E-state index contributed by atoms with van der Waals surface area (Å²) in [6.45, 7) is 11.0. The Hall–Kier alpha value is -0.650. The summed E-state index contributed by atoms with van der Waals surface area (Å²) in [5.41, 5.74) is 0. The van der Waals surface area contributed by atoms with Crippen molar-refractivity contribution in [2.45, 2.75) is 51.9 Å². The Morgan fingerprint density at radius 2 is 1.40 bits per heavy atom. The van der Waals surface area contributed by atoms with E-state index in [0.29, 0.717) is 6.42 Å². The number of nitrogens with one attached hydrogen (secondary N) is 1. The van der Waals surface area contributed by atoms with Crippen molar-refractivity contribution in [3.8, 4) is 0 Å². The fourth-order valence-corrected chi connectivity index (χ4v) is 2.10. The number of hydrogen-bond donors (Lipinski definition) is 2. The van der Waals surface area contributed by atoms with Crippen LogP contribution in [0.15, 0.2) is 25.3 Å². The van der Waals surface area contributed by atoms with E-state index in [1.165, 1.54) is 25.7 Å². The molecule has 0 amide bonds. The highest BCUT2D eigenvalue weighted by atomic mass is 32.2. The van der Waals surface area contributed by atoms with Crippen molar-refractivity contribution in [1.82, 2.24) is 5.32 Å². The number of rotatable bonds is 12. The summed E-state index contributed by atoms with van der Waals surface area (Å²) in [5.74, 6) is -0.0826. The first kappa shape index (κ1) is 21.6. The summed E-state index contributed by atoms with van der Waals surface area (Å²) >= 11 is 0. The van der Waals surface area contributed by atoms with E-state index in [9.17, 15) is 8.42 Å². The maximum Gasteiger partial charge on any atom is 0.264 e. The third-order valence-corrected chi connectivity index (χ3v) is 3.39. The Kier molecular flexibility index (Phi) is 17.8. The van der Waals surface area contributed by atoms with Crippen molar-refractivity contribution >= 4 is 10.1 Å². The SMILES string of the molecule is C=CCNCC=C.CCCCCCCCCS(=O)(=O)O. The average molecular weight is 305 g/mol. The highest BCUT2D eigenvalue weighted by Crippen LogP contribution is 2.07. The Morgan fingerprint density at radius 1 is 0.950 bits per heavy atom. The molecule has 4 nitrogen and oxygen atoms in total. The molecular weight excluding hydrogens is 274 g/mol. The summed E-state index contributed by atoms with van der Waals surface area (Å²) in [7, 11) is -3.72. The molecule has 0 aromatic carbocycles. The lowest BCUT2D eigenvalue weighted by molar-refractivity contribution is 0.478. The van der Waals surface area contributed by atoms with E-state index >= 15 is 0 Å². The molecule has 20 heavy (non-hydrogen) atoms. The van der Waals surface area contributed by atoms with Gasteiger partial charge in [0.2, 0.25) is 0 Å². The summed E-state index contributed by atoms with van der Waals surface area (Å²) in [5, 5.41) is 3.05. The van der Waals surface area contributed by atoms with E-state index in [2.05, 4.69) is 25.4 Å². The molecule has 0 rings (SSSR count). The number of unbranched alkanes of at least 4 members (excludes halogenated alkanes) is 6. The van der Waals surface area contributed by atoms with Gasteiger partial charge < -0.3 is 5.32 Å². The monoisotopic (exact) mass is 305 g/mol. The second-order valence-corrected chi connectivity index (χ2v) is 6.22. The zero-order valence-corrected chi connectivity index (χ0v) is 13.6. The van der Waals surface area contributed by atoms with Gasteiger partial charge in [-0.05, 0) is 6.42 Å². The molecule has 0 aliphatic heterocycles. The van der Waals surface area contributed by atoms with Gasteiger partial charge in [-0.25, -0.2) is 0 Å². The third-order valence-electron chi connectivity index (χ3n) is 2.58. The Labute approximate surface area is 125 Å². The molecule has 120 valence electrons. The van der Waals surface area contributed by atoms with Crippen LogP contribution in [0.25, 0.3) is 0 Å². The molecule has 0 heterocycles. The van der Waals surface area contributed by atoms with Gasteiger partial charge in [-0.15, -0.1) is 13.2 Å². The predicted octanol–water partition coefficient (Wildman–Crippen LogP) is 3.57. The molecule has 0 saturated carbocycles. The first-order chi connectivity index (χ1) is 9.47. The van der Waals surface area contributed by atoms with Crippen LogP contribution in [-0.2, 0) is 10.1 Å². The molecule has 0 aromatic heterocycles. The van der Waals surface area contributed by atoms with Gasteiger partial charge in [-0.1, -0.05) is 57.6 Å². The smallest absolute Gasteiger partial charge is 0.264 e. The summed E-state index contributed by atoms with van der Waals surface area (Å²) in [6.07, 6.45) is 11.1. The van der Waals surface area contributed by atoms with Crippen molar-refractivity contribution in [3.05, 3.63) is 25.3 Å². The van der Waals surface area contributed by atoms with Gasteiger partial charge in [-0.3, -0.25) is 4.55 Å². The third kappa shape index (κ3) is 26.0. The Balaban J connectivity index is 0. The van der Waals surface area contributed by atoms with Gasteiger partial charge in [0.15, 0.2) is 0 Å². The number of hydrogen-bond acceptors (Lipinski definition) is 3. The van der Waals surface area contributed by atoms with Gasteiger partial charge in [0.05, 0.1) is 5.75 Å². The minimum Gasteiger partial charge on any atom is -0.310 e. The van der Waals surface area contributed by atoms with Gasteiger partial charge in [0, 0.05) is 13.1 Å². The van der Waals surface area contributed by atoms with E-state index in [0.717, 1.165) is 25.9 Å². The highest BCUT2D eigenvalue weighted by molar-refractivity contribution is 7.85. The van der Waals surface area contributed by atoms with Crippen LogP contribution >= 0.6 is 0 Å². The van der Waals surface area contributed by atoms with Crippen LogP contribution in [0.3, 0.4) is 0 Å². The molecule has 0 spiro atoms. The zero-order chi connectivity index (χ0) is 15.7. The minimum absolute atomic E-state index is 0.0826. The average Bonchev–Trinajstić information content (AvgIpc) is 2.38. The van der Waals surface area contributed by atoms with Crippen LogP contribution < -0.4 is 5.32 Å². The van der Waals surface area contributed by atoms with E-state index in [-0.39, 0.29) is 5.75 Å². The summed E-state index contributed by atoms with van der Waals surface area (Å²) in [6, 6.07) is 0. The summed E-state index contributed by atoms with van der Waals surface area (Å²) in [4.78, 5) is 0. The molecule has 0 fully saturated rings. The molecular formula is C15H31NO3S. The lowest BCUT2D eigenvalue weighted by Crippen LogP contribution is -2.11. The predicted molar refractivity (Wildman–Crippen MR) is 87.7 cm³/mol. The van der Waals surface area contributed by atoms with Crippen LogP contribution in [-0.4, -0.2) is 31.8 Å². The largest absolute Gasteiger partial charge is 0.310 e. The van der Waals surface area contributed by atoms with E-state index in [4.69, 9.17) is 4.55 Å². The van der Waals surface area contributed by atoms with E-state index in [1.54, 1.807) is 0 Å². The van der Waals surface area contributed by atoms with Crippen LogP contribution in [0.2, 0.25) is 0 Å². The lowest BCUT2D eigenvalue weighted by Gasteiger charge is -1.99. The Bertz CT molecular complexity index is 305. The maximum absolute atomic E-state index is 10.3. The fourth-order valence-electron chi connectivity index (χ4n) is 1.53. The minimum atomic E-state index is -3.72. The lowest BCUT2D eigenvalue weighted by atomic mass is 10.1. The second-order valence-electron chi connectivity index (χ2n) is 4.64. The first-order valence-corrected chi connectivity index (χ1v) is 8.96. The first-order valence-electron chi connectivity index (χ1n) is 7.35. The van der Waals surface area contributed by atoms with Crippen LogP contribution in [0.5, 0.6) is 0 Å². The van der Waals surface area contributed by atoms with Gasteiger partial charge in [0.1, 0.15) is 0 Å². The quantitative estimate of drug-likeness (QED) is 0.328. The fraction of sp³-hybridized carbons (Fsp3) is 0.733. The van der Waals surface area contributed by atoms with E-state index in [1.807, 2.05) is 12.2 Å². The van der Waals surface area contributed by atoms with E-state index < -0.39 is 10.1 Å². The highest BCUT2D eigenvalue weighted by Gasteiger charge is 2.02. The molecule has 2 N–H and O–H groups in total. The molecule has 0 saturated heterocycles. The molecule has 0 radical (unpaired) electrons.